The molecule has 0 aliphatic rings. The zero-order chi connectivity index (χ0) is 18.2. The molecular formula is C19H26O5. The van der Waals surface area contributed by atoms with Crippen LogP contribution >= 0.6 is 0 Å². The molecule has 1 aromatic rings. The van der Waals surface area contributed by atoms with E-state index in [2.05, 4.69) is 0 Å². The Bertz CT molecular complexity index is 556. The molecule has 24 heavy (non-hydrogen) atoms. The van der Waals surface area contributed by atoms with Crippen LogP contribution in [0.15, 0.2) is 24.3 Å². The van der Waals surface area contributed by atoms with Crippen LogP contribution in [0.25, 0.3) is 0 Å². The van der Waals surface area contributed by atoms with Gasteiger partial charge in [-0.25, -0.2) is 0 Å². The molecule has 0 fully saturated rings. The van der Waals surface area contributed by atoms with Crippen LogP contribution in [-0.2, 0) is 25.5 Å². The van der Waals surface area contributed by atoms with Crippen molar-refractivity contribution < 1.29 is 23.9 Å². The highest BCUT2D eigenvalue weighted by Crippen LogP contribution is 2.27. The van der Waals surface area contributed by atoms with Crippen LogP contribution in [0.5, 0.6) is 0 Å². The highest BCUT2D eigenvalue weighted by atomic mass is 16.6. The zero-order valence-electron chi connectivity index (χ0n) is 14.9. The van der Waals surface area contributed by atoms with E-state index in [9.17, 15) is 14.4 Å². The highest BCUT2D eigenvalue weighted by molar-refractivity contribution is 6.00. The van der Waals surface area contributed by atoms with Crippen molar-refractivity contribution in [3.63, 3.8) is 0 Å². The zero-order valence-corrected chi connectivity index (χ0v) is 14.9. The Morgan fingerprint density at radius 1 is 0.917 bits per heavy atom. The maximum atomic E-state index is 12.3. The topological polar surface area (TPSA) is 69.7 Å². The quantitative estimate of drug-likeness (QED) is 0.393. The monoisotopic (exact) mass is 334 g/mol. The predicted octanol–water partition coefficient (Wildman–Crippen LogP) is 3.34. The molecule has 0 aliphatic heterocycles. The number of carbonyl (C=O) groups excluding carboxylic acids is 3. The van der Waals surface area contributed by atoms with E-state index >= 15 is 0 Å². The lowest BCUT2D eigenvalue weighted by Gasteiger charge is -2.25. The fraction of sp³-hybridized carbons (Fsp3) is 0.526. The summed E-state index contributed by atoms with van der Waals surface area (Å²) < 4.78 is 10.1. The van der Waals surface area contributed by atoms with Gasteiger partial charge in [-0.15, -0.1) is 0 Å². The lowest BCUT2D eigenvalue weighted by molar-refractivity contribution is -0.170. The number of hydrogen-bond acceptors (Lipinski definition) is 5. The van der Waals surface area contributed by atoms with Crippen LogP contribution in [-0.4, -0.2) is 30.9 Å². The third kappa shape index (κ3) is 4.91. The van der Waals surface area contributed by atoms with Gasteiger partial charge in [0.15, 0.2) is 11.2 Å². The summed E-state index contributed by atoms with van der Waals surface area (Å²) in [7, 11) is 0. The molecule has 0 N–H and O–H groups in total. The molecular weight excluding hydrogens is 308 g/mol. The van der Waals surface area contributed by atoms with Crippen molar-refractivity contribution in [1.82, 2.24) is 0 Å². The van der Waals surface area contributed by atoms with E-state index in [4.69, 9.17) is 9.47 Å². The van der Waals surface area contributed by atoms with E-state index < -0.39 is 17.4 Å². The Balaban J connectivity index is 3.00. The lowest BCUT2D eigenvalue weighted by atomic mass is 9.83. The number of ether oxygens (including phenoxy) is 2. The molecule has 0 radical (unpaired) electrons. The van der Waals surface area contributed by atoms with E-state index in [1.54, 1.807) is 38.1 Å². The Labute approximate surface area is 143 Å². The van der Waals surface area contributed by atoms with Crippen LogP contribution in [0.3, 0.4) is 0 Å². The third-order valence-electron chi connectivity index (χ3n) is 3.76. The first-order chi connectivity index (χ1) is 11.4. The van der Waals surface area contributed by atoms with Crippen LogP contribution in [0, 0.1) is 5.41 Å². The van der Waals surface area contributed by atoms with Crippen LogP contribution in [0.4, 0.5) is 0 Å². The molecule has 5 heteroatoms. The SMILES string of the molecule is CCCC(=O)c1ccc(CC(C)(C(=O)OCC)C(=O)OCC)cc1. The van der Waals surface area contributed by atoms with Gasteiger partial charge in [-0.3, -0.25) is 14.4 Å². The minimum Gasteiger partial charge on any atom is -0.465 e. The number of ketones is 1. The molecule has 0 atom stereocenters. The normalized spacial score (nSPS) is 11.0. The van der Waals surface area contributed by atoms with Crippen molar-refractivity contribution in [2.24, 2.45) is 5.41 Å². The van der Waals surface area contributed by atoms with Crippen molar-refractivity contribution in [2.45, 2.75) is 47.0 Å². The number of Topliss-reactive ketones (excluding diaryl/α,β-unsaturated/α-hetero) is 1. The maximum absolute atomic E-state index is 12.3. The summed E-state index contributed by atoms with van der Waals surface area (Å²) in [5.41, 5.74) is 0.00209. The van der Waals surface area contributed by atoms with Gasteiger partial charge in [-0.2, -0.15) is 0 Å². The summed E-state index contributed by atoms with van der Waals surface area (Å²) >= 11 is 0. The Hall–Kier alpha value is -2.17. The molecule has 0 unspecified atom stereocenters. The number of hydrogen-bond donors (Lipinski definition) is 0. The van der Waals surface area contributed by atoms with Gasteiger partial charge in [0.1, 0.15) is 0 Å². The third-order valence-corrected chi connectivity index (χ3v) is 3.76. The molecule has 0 saturated heterocycles. The first kappa shape index (κ1) is 19.9. The van der Waals surface area contributed by atoms with E-state index in [0.717, 1.165) is 12.0 Å². The van der Waals surface area contributed by atoms with Gasteiger partial charge in [-0.05, 0) is 39.2 Å². The van der Waals surface area contributed by atoms with Crippen molar-refractivity contribution >= 4 is 17.7 Å². The van der Waals surface area contributed by atoms with Crippen molar-refractivity contribution in [3.05, 3.63) is 35.4 Å². The number of rotatable bonds is 9. The van der Waals surface area contributed by atoms with Gasteiger partial charge < -0.3 is 9.47 Å². The Kier molecular flexibility index (Phi) is 7.62. The van der Waals surface area contributed by atoms with Gasteiger partial charge in [0.2, 0.25) is 0 Å². The highest BCUT2D eigenvalue weighted by Gasteiger charge is 2.44. The number of carbonyl (C=O) groups is 3. The summed E-state index contributed by atoms with van der Waals surface area (Å²) in [5, 5.41) is 0. The van der Waals surface area contributed by atoms with Gasteiger partial charge in [0, 0.05) is 12.0 Å². The Morgan fingerprint density at radius 3 is 1.83 bits per heavy atom. The fourth-order valence-electron chi connectivity index (χ4n) is 2.40. The summed E-state index contributed by atoms with van der Waals surface area (Å²) in [5.74, 6) is -1.12. The molecule has 1 rings (SSSR count). The van der Waals surface area contributed by atoms with Crippen LogP contribution in [0.2, 0.25) is 0 Å². The standard InChI is InChI=1S/C19H26O5/c1-5-8-16(20)15-11-9-14(10-12-15)13-19(4,17(21)23-6-2)18(22)24-7-3/h9-12H,5-8,13H2,1-4H3. The van der Waals surface area contributed by atoms with Gasteiger partial charge in [0.05, 0.1) is 13.2 Å². The lowest BCUT2D eigenvalue weighted by Crippen LogP contribution is -2.41. The molecule has 5 nitrogen and oxygen atoms in total. The second-order valence-corrected chi connectivity index (χ2v) is 5.82. The number of esters is 2. The summed E-state index contributed by atoms with van der Waals surface area (Å²) in [4.78, 5) is 36.4. The average molecular weight is 334 g/mol. The first-order valence-corrected chi connectivity index (χ1v) is 8.35. The molecule has 0 heterocycles. The molecule has 0 amide bonds. The molecule has 1 aromatic carbocycles. The molecule has 132 valence electrons. The number of benzene rings is 1. The van der Waals surface area contributed by atoms with Gasteiger partial charge >= 0.3 is 11.9 Å². The van der Waals surface area contributed by atoms with E-state index in [0.29, 0.717) is 12.0 Å². The predicted molar refractivity (Wildman–Crippen MR) is 90.8 cm³/mol. The fourth-order valence-corrected chi connectivity index (χ4v) is 2.40. The van der Waals surface area contributed by atoms with Crippen molar-refractivity contribution in [2.75, 3.05) is 13.2 Å². The van der Waals surface area contributed by atoms with Crippen molar-refractivity contribution in [3.8, 4) is 0 Å². The second-order valence-electron chi connectivity index (χ2n) is 5.82. The molecule has 0 aromatic heterocycles. The Morgan fingerprint density at radius 2 is 1.42 bits per heavy atom. The molecule has 0 saturated carbocycles. The van der Waals surface area contributed by atoms with E-state index in [1.165, 1.54) is 6.92 Å². The molecule has 0 aliphatic carbocycles. The largest absolute Gasteiger partial charge is 0.465 e. The maximum Gasteiger partial charge on any atom is 0.323 e. The average Bonchev–Trinajstić information content (AvgIpc) is 2.56. The molecule has 0 bridgehead atoms. The summed E-state index contributed by atoms with van der Waals surface area (Å²) in [6.07, 6.45) is 1.46. The van der Waals surface area contributed by atoms with Crippen LogP contribution < -0.4 is 0 Å². The van der Waals surface area contributed by atoms with E-state index in [-0.39, 0.29) is 25.4 Å². The summed E-state index contributed by atoms with van der Waals surface area (Å²) in [6, 6.07) is 6.98. The smallest absolute Gasteiger partial charge is 0.323 e. The van der Waals surface area contributed by atoms with Crippen molar-refractivity contribution in [1.29, 1.82) is 0 Å². The van der Waals surface area contributed by atoms with Gasteiger partial charge in [0.25, 0.3) is 0 Å². The van der Waals surface area contributed by atoms with Crippen LogP contribution in [0.1, 0.15) is 56.5 Å². The summed E-state index contributed by atoms with van der Waals surface area (Å²) in [6.45, 7) is 7.25. The minimum atomic E-state index is -1.40. The molecule has 0 spiro atoms. The van der Waals surface area contributed by atoms with Gasteiger partial charge in [-0.1, -0.05) is 31.2 Å². The first-order valence-electron chi connectivity index (χ1n) is 8.35. The van der Waals surface area contributed by atoms with E-state index in [1.807, 2.05) is 6.92 Å². The minimum absolute atomic E-state index is 0.0857. The second kappa shape index (κ2) is 9.21.